The average molecular weight is 330 g/mol. The lowest BCUT2D eigenvalue weighted by atomic mass is 10.2. The topological polar surface area (TPSA) is 85.4 Å². The second-order valence-electron chi connectivity index (χ2n) is 5.09. The van der Waals surface area contributed by atoms with Crippen LogP contribution in [0.3, 0.4) is 0 Å². The number of rotatable bonds is 8. The first-order valence-electron chi connectivity index (χ1n) is 7.73. The minimum Gasteiger partial charge on any atom is -0.493 e. The van der Waals surface area contributed by atoms with Gasteiger partial charge < -0.3 is 20.1 Å². The molecule has 0 saturated carbocycles. The molecule has 0 unspecified atom stereocenters. The van der Waals surface area contributed by atoms with Gasteiger partial charge in [-0.05, 0) is 24.1 Å². The normalized spacial score (nSPS) is 10.1. The van der Waals surface area contributed by atoms with Crippen LogP contribution < -0.4 is 20.1 Å². The Bertz CT molecular complexity index is 691. The summed E-state index contributed by atoms with van der Waals surface area (Å²) in [4.78, 5) is 20.3. The van der Waals surface area contributed by atoms with Gasteiger partial charge in [0.05, 0.1) is 14.2 Å². The Balaban J connectivity index is 2.00. The van der Waals surface area contributed by atoms with Crippen molar-refractivity contribution < 1.29 is 14.3 Å². The van der Waals surface area contributed by atoms with Gasteiger partial charge in [-0.1, -0.05) is 13.0 Å². The van der Waals surface area contributed by atoms with E-state index in [0.29, 0.717) is 29.6 Å². The monoisotopic (exact) mass is 330 g/mol. The molecule has 1 amide bonds. The molecule has 1 aromatic carbocycles. The van der Waals surface area contributed by atoms with Crippen LogP contribution >= 0.6 is 0 Å². The Kier molecular flexibility index (Phi) is 6.36. The maximum absolute atomic E-state index is 12.2. The zero-order valence-electron chi connectivity index (χ0n) is 14.1. The van der Waals surface area contributed by atoms with Crippen LogP contribution in [0, 0.1) is 0 Å². The first-order chi connectivity index (χ1) is 11.7. The van der Waals surface area contributed by atoms with Crippen molar-refractivity contribution in [3.8, 4) is 11.5 Å². The van der Waals surface area contributed by atoms with Crippen LogP contribution in [0.25, 0.3) is 0 Å². The Labute approximate surface area is 141 Å². The fourth-order valence-electron chi connectivity index (χ4n) is 2.09. The number of benzene rings is 1. The van der Waals surface area contributed by atoms with E-state index in [4.69, 9.17) is 9.47 Å². The third-order valence-corrected chi connectivity index (χ3v) is 3.36. The fraction of sp³-hybridized carbons (Fsp3) is 0.353. The van der Waals surface area contributed by atoms with Gasteiger partial charge in [0.1, 0.15) is 17.8 Å². The maximum atomic E-state index is 12.2. The summed E-state index contributed by atoms with van der Waals surface area (Å²) < 4.78 is 10.5. The number of nitrogens with zero attached hydrogens (tertiary/aromatic N) is 2. The van der Waals surface area contributed by atoms with E-state index in [1.54, 1.807) is 26.4 Å². The van der Waals surface area contributed by atoms with Crippen molar-refractivity contribution in [2.45, 2.75) is 19.9 Å². The van der Waals surface area contributed by atoms with Gasteiger partial charge >= 0.3 is 0 Å². The van der Waals surface area contributed by atoms with Crippen LogP contribution in [0.5, 0.6) is 11.5 Å². The molecule has 0 saturated heterocycles. The number of aromatic nitrogens is 2. The number of anilines is 1. The third-order valence-electron chi connectivity index (χ3n) is 3.36. The van der Waals surface area contributed by atoms with Crippen molar-refractivity contribution in [2.24, 2.45) is 0 Å². The highest BCUT2D eigenvalue weighted by molar-refractivity contribution is 5.92. The quantitative estimate of drug-likeness (QED) is 0.772. The first kappa shape index (κ1) is 17.5. The van der Waals surface area contributed by atoms with Gasteiger partial charge in [0, 0.05) is 19.2 Å². The van der Waals surface area contributed by atoms with Crippen molar-refractivity contribution in [2.75, 3.05) is 26.1 Å². The van der Waals surface area contributed by atoms with Crippen LogP contribution in [0.4, 0.5) is 5.82 Å². The molecule has 1 heterocycles. The lowest BCUT2D eigenvalue weighted by Crippen LogP contribution is -2.24. The van der Waals surface area contributed by atoms with Crippen LogP contribution in [0.2, 0.25) is 0 Å². The van der Waals surface area contributed by atoms with E-state index in [1.165, 1.54) is 6.33 Å². The molecule has 0 spiro atoms. The first-order valence-corrected chi connectivity index (χ1v) is 7.73. The molecule has 0 bridgehead atoms. The molecule has 0 aliphatic rings. The fourth-order valence-corrected chi connectivity index (χ4v) is 2.09. The second kappa shape index (κ2) is 8.71. The molecule has 128 valence electrons. The lowest BCUT2D eigenvalue weighted by molar-refractivity contribution is 0.0945. The largest absolute Gasteiger partial charge is 0.493 e. The number of carbonyl (C=O) groups excluding carboxylic acids is 1. The van der Waals surface area contributed by atoms with Gasteiger partial charge in [0.25, 0.3) is 5.91 Å². The molecule has 2 rings (SSSR count). The SMILES string of the molecule is CCCNc1cc(C(=O)NCc2ccc(OC)c(OC)c2)ncn1. The second-order valence-corrected chi connectivity index (χ2v) is 5.09. The van der Waals surface area contributed by atoms with E-state index in [1.807, 2.05) is 12.1 Å². The molecule has 2 N–H and O–H groups in total. The molecule has 1 aromatic heterocycles. The summed E-state index contributed by atoms with van der Waals surface area (Å²) in [6.07, 6.45) is 2.36. The molecule has 2 aromatic rings. The van der Waals surface area contributed by atoms with Crippen LogP contribution in [0.1, 0.15) is 29.4 Å². The molecule has 0 fully saturated rings. The molecule has 0 radical (unpaired) electrons. The van der Waals surface area contributed by atoms with Crippen molar-refractivity contribution >= 4 is 11.7 Å². The molecule has 0 aliphatic carbocycles. The van der Waals surface area contributed by atoms with Crippen molar-refractivity contribution in [1.82, 2.24) is 15.3 Å². The minimum absolute atomic E-state index is 0.258. The average Bonchev–Trinajstić information content (AvgIpc) is 2.64. The minimum atomic E-state index is -0.258. The summed E-state index contributed by atoms with van der Waals surface area (Å²) in [5.74, 6) is 1.65. The molecule has 0 atom stereocenters. The van der Waals surface area contributed by atoms with E-state index >= 15 is 0 Å². The highest BCUT2D eigenvalue weighted by Gasteiger charge is 2.10. The predicted molar refractivity (Wildman–Crippen MR) is 91.5 cm³/mol. The summed E-state index contributed by atoms with van der Waals surface area (Å²) in [7, 11) is 3.16. The molecular weight excluding hydrogens is 308 g/mol. The van der Waals surface area contributed by atoms with Gasteiger partial charge in [-0.2, -0.15) is 0 Å². The van der Waals surface area contributed by atoms with E-state index in [2.05, 4.69) is 27.5 Å². The summed E-state index contributed by atoms with van der Waals surface area (Å²) in [6.45, 7) is 3.22. The van der Waals surface area contributed by atoms with E-state index in [0.717, 1.165) is 18.5 Å². The molecule has 24 heavy (non-hydrogen) atoms. The third kappa shape index (κ3) is 4.58. The van der Waals surface area contributed by atoms with Crippen LogP contribution in [-0.4, -0.2) is 36.6 Å². The maximum Gasteiger partial charge on any atom is 0.270 e. The van der Waals surface area contributed by atoms with Crippen molar-refractivity contribution in [1.29, 1.82) is 0 Å². The molecule has 7 heteroatoms. The summed E-state index contributed by atoms with van der Waals surface area (Å²) in [5.41, 5.74) is 1.23. The Morgan fingerprint density at radius 2 is 1.92 bits per heavy atom. The number of methoxy groups -OCH3 is 2. The molecule has 7 nitrogen and oxygen atoms in total. The molecular formula is C17H22N4O3. The van der Waals surface area contributed by atoms with Gasteiger partial charge in [0.2, 0.25) is 0 Å². The van der Waals surface area contributed by atoms with Crippen LogP contribution in [-0.2, 0) is 6.54 Å². The smallest absolute Gasteiger partial charge is 0.270 e. The zero-order valence-corrected chi connectivity index (χ0v) is 14.1. The highest BCUT2D eigenvalue weighted by Crippen LogP contribution is 2.27. The van der Waals surface area contributed by atoms with E-state index in [-0.39, 0.29) is 5.91 Å². The Hall–Kier alpha value is -2.83. The Morgan fingerprint density at radius 1 is 1.12 bits per heavy atom. The summed E-state index contributed by atoms with van der Waals surface area (Å²) >= 11 is 0. The van der Waals surface area contributed by atoms with Gasteiger partial charge in [0.15, 0.2) is 11.5 Å². The standard InChI is InChI=1S/C17H22N4O3/c1-4-7-18-16-9-13(20-11-21-16)17(22)19-10-12-5-6-14(23-2)15(8-12)24-3/h5-6,8-9,11H,4,7,10H2,1-3H3,(H,19,22)(H,18,20,21). The van der Waals surface area contributed by atoms with E-state index in [9.17, 15) is 4.79 Å². The number of hydrogen-bond donors (Lipinski definition) is 2. The zero-order chi connectivity index (χ0) is 17.4. The van der Waals surface area contributed by atoms with Gasteiger partial charge in [-0.25, -0.2) is 9.97 Å². The number of ether oxygens (including phenoxy) is 2. The Morgan fingerprint density at radius 3 is 2.62 bits per heavy atom. The summed E-state index contributed by atoms with van der Waals surface area (Å²) in [6, 6.07) is 7.14. The van der Waals surface area contributed by atoms with Crippen molar-refractivity contribution in [3.05, 3.63) is 41.9 Å². The summed E-state index contributed by atoms with van der Waals surface area (Å²) in [5, 5.41) is 5.96. The predicted octanol–water partition coefficient (Wildman–Crippen LogP) is 2.25. The van der Waals surface area contributed by atoms with Crippen molar-refractivity contribution in [3.63, 3.8) is 0 Å². The number of hydrogen-bond acceptors (Lipinski definition) is 6. The number of nitrogens with one attached hydrogen (secondary N) is 2. The highest BCUT2D eigenvalue weighted by atomic mass is 16.5. The number of amides is 1. The molecule has 0 aliphatic heterocycles. The lowest BCUT2D eigenvalue weighted by Gasteiger charge is -2.10. The van der Waals surface area contributed by atoms with Crippen LogP contribution in [0.15, 0.2) is 30.6 Å². The van der Waals surface area contributed by atoms with Gasteiger partial charge in [-0.15, -0.1) is 0 Å². The number of carbonyl (C=O) groups is 1. The van der Waals surface area contributed by atoms with Gasteiger partial charge in [-0.3, -0.25) is 4.79 Å². The van der Waals surface area contributed by atoms with E-state index < -0.39 is 0 Å².